The van der Waals surface area contributed by atoms with Crippen molar-refractivity contribution >= 4 is 33.0 Å². The van der Waals surface area contributed by atoms with Gasteiger partial charge in [-0.25, -0.2) is 0 Å². The van der Waals surface area contributed by atoms with Gasteiger partial charge in [0.1, 0.15) is 5.75 Å². The van der Waals surface area contributed by atoms with Crippen molar-refractivity contribution in [3.8, 4) is 5.75 Å². The number of nitrogens with zero attached hydrogens (tertiary/aromatic N) is 2. The number of hydrogen-bond donors (Lipinski definition) is 0. The molecular formula is C16H18N2O4S2. The first-order valence-corrected chi connectivity index (χ1v) is 9.83. The Labute approximate surface area is 145 Å². The molecule has 0 unspecified atom stereocenters. The van der Waals surface area contributed by atoms with Crippen molar-refractivity contribution in [1.29, 1.82) is 0 Å². The molecule has 0 bridgehead atoms. The lowest BCUT2D eigenvalue weighted by atomic mass is 10.2. The van der Waals surface area contributed by atoms with Gasteiger partial charge in [-0.05, 0) is 35.7 Å². The number of amides is 1. The molecule has 8 heteroatoms. The maximum Gasteiger partial charge on any atom is 0.348 e. The Morgan fingerprint density at radius 2 is 1.75 bits per heavy atom. The van der Waals surface area contributed by atoms with Crippen LogP contribution in [0.4, 0.5) is 5.69 Å². The molecule has 2 aromatic rings. The van der Waals surface area contributed by atoms with E-state index in [2.05, 4.69) is 4.90 Å². The lowest BCUT2D eigenvalue weighted by Crippen LogP contribution is -2.48. The van der Waals surface area contributed by atoms with Crippen LogP contribution in [0.5, 0.6) is 5.75 Å². The van der Waals surface area contributed by atoms with Crippen molar-refractivity contribution in [2.24, 2.45) is 0 Å². The fourth-order valence-electron chi connectivity index (χ4n) is 2.57. The van der Waals surface area contributed by atoms with Crippen LogP contribution in [0.2, 0.25) is 0 Å². The van der Waals surface area contributed by atoms with E-state index in [9.17, 15) is 13.2 Å². The van der Waals surface area contributed by atoms with Gasteiger partial charge in [-0.15, -0.1) is 11.3 Å². The average Bonchev–Trinajstić information content (AvgIpc) is 3.11. The quantitative estimate of drug-likeness (QED) is 0.776. The molecule has 0 N–H and O–H groups in total. The average molecular weight is 366 g/mol. The van der Waals surface area contributed by atoms with Crippen LogP contribution < -0.4 is 9.08 Å². The maximum absolute atomic E-state index is 12.1. The zero-order valence-electron chi connectivity index (χ0n) is 13.2. The van der Waals surface area contributed by atoms with Crippen LogP contribution in [0.15, 0.2) is 46.0 Å². The van der Waals surface area contributed by atoms with E-state index in [4.69, 9.17) is 4.18 Å². The number of hydrogen-bond acceptors (Lipinski definition) is 6. The van der Waals surface area contributed by atoms with Crippen molar-refractivity contribution in [1.82, 2.24) is 4.90 Å². The van der Waals surface area contributed by atoms with Gasteiger partial charge in [-0.2, -0.15) is 8.42 Å². The summed E-state index contributed by atoms with van der Waals surface area (Å²) in [4.78, 5) is 15.3. The number of rotatable bonds is 4. The van der Waals surface area contributed by atoms with Crippen LogP contribution in [0, 0.1) is 0 Å². The number of benzene rings is 1. The SMILES string of the molecule is CC(=O)N1CCN(c2ccc(OS(=O)(=O)c3cccs3)cc2)CC1. The summed E-state index contributed by atoms with van der Waals surface area (Å²) in [5.74, 6) is 0.381. The van der Waals surface area contributed by atoms with E-state index >= 15 is 0 Å². The van der Waals surface area contributed by atoms with Gasteiger partial charge in [0.25, 0.3) is 0 Å². The smallest absolute Gasteiger partial charge is 0.348 e. The van der Waals surface area contributed by atoms with Gasteiger partial charge < -0.3 is 14.0 Å². The minimum atomic E-state index is -3.76. The molecule has 1 aromatic heterocycles. The second-order valence-electron chi connectivity index (χ2n) is 5.46. The molecule has 1 aromatic carbocycles. The van der Waals surface area contributed by atoms with Gasteiger partial charge in [0.05, 0.1) is 0 Å². The standard InChI is InChI=1S/C16H18N2O4S2/c1-13(19)17-8-10-18(11-9-17)14-4-6-15(7-5-14)22-24(20,21)16-3-2-12-23-16/h2-7,12H,8-11H2,1H3. The van der Waals surface area contributed by atoms with Crippen LogP contribution in [-0.4, -0.2) is 45.4 Å². The van der Waals surface area contributed by atoms with Crippen molar-refractivity contribution in [2.45, 2.75) is 11.1 Å². The van der Waals surface area contributed by atoms with Gasteiger partial charge in [-0.3, -0.25) is 4.79 Å². The Morgan fingerprint density at radius 1 is 1.08 bits per heavy atom. The first kappa shape index (κ1) is 16.8. The summed E-state index contributed by atoms with van der Waals surface area (Å²) < 4.78 is 29.5. The van der Waals surface area contributed by atoms with E-state index in [0.717, 1.165) is 30.1 Å². The second kappa shape index (κ2) is 6.82. The molecule has 1 saturated heterocycles. The van der Waals surface area contributed by atoms with Crippen molar-refractivity contribution in [2.75, 3.05) is 31.1 Å². The Bertz CT molecular complexity index is 793. The molecule has 1 aliphatic heterocycles. The van der Waals surface area contributed by atoms with Gasteiger partial charge in [0.15, 0.2) is 4.21 Å². The summed E-state index contributed by atoms with van der Waals surface area (Å²) in [6, 6.07) is 10.2. The summed E-state index contributed by atoms with van der Waals surface area (Å²) >= 11 is 1.12. The molecule has 1 fully saturated rings. The molecule has 0 radical (unpaired) electrons. The minimum absolute atomic E-state index is 0.0946. The first-order chi connectivity index (χ1) is 11.5. The van der Waals surface area contributed by atoms with Gasteiger partial charge in [0.2, 0.25) is 5.91 Å². The summed E-state index contributed by atoms with van der Waals surface area (Å²) in [5.41, 5.74) is 0.985. The minimum Gasteiger partial charge on any atom is -0.378 e. The van der Waals surface area contributed by atoms with Crippen molar-refractivity contribution in [3.05, 3.63) is 41.8 Å². The Morgan fingerprint density at radius 3 is 2.29 bits per heavy atom. The van der Waals surface area contributed by atoms with Crippen LogP contribution in [0.1, 0.15) is 6.92 Å². The Balaban J connectivity index is 1.65. The molecule has 0 aliphatic carbocycles. The van der Waals surface area contributed by atoms with Crippen LogP contribution in [-0.2, 0) is 14.9 Å². The summed E-state index contributed by atoms with van der Waals surface area (Å²) in [5, 5.41) is 1.69. The maximum atomic E-state index is 12.1. The third-order valence-electron chi connectivity index (χ3n) is 3.87. The van der Waals surface area contributed by atoms with Crippen LogP contribution >= 0.6 is 11.3 Å². The molecule has 0 spiro atoms. The second-order valence-corrected chi connectivity index (χ2v) is 8.18. The van der Waals surface area contributed by atoms with E-state index in [0.29, 0.717) is 13.1 Å². The number of carbonyl (C=O) groups is 1. The molecule has 24 heavy (non-hydrogen) atoms. The fourth-order valence-corrected chi connectivity index (χ4v) is 4.45. The lowest BCUT2D eigenvalue weighted by Gasteiger charge is -2.35. The van der Waals surface area contributed by atoms with Crippen molar-refractivity contribution < 1.29 is 17.4 Å². The molecule has 0 saturated carbocycles. The highest BCUT2D eigenvalue weighted by Crippen LogP contribution is 2.25. The Hall–Kier alpha value is -2.06. The fraction of sp³-hybridized carbons (Fsp3) is 0.312. The molecule has 1 amide bonds. The van der Waals surface area contributed by atoms with E-state index < -0.39 is 10.1 Å². The number of piperazine rings is 1. The van der Waals surface area contributed by atoms with Gasteiger partial charge in [-0.1, -0.05) is 6.07 Å². The van der Waals surface area contributed by atoms with Crippen LogP contribution in [0.3, 0.4) is 0 Å². The highest BCUT2D eigenvalue weighted by molar-refractivity contribution is 7.89. The molecule has 128 valence electrons. The highest BCUT2D eigenvalue weighted by atomic mass is 32.3. The third kappa shape index (κ3) is 3.70. The summed E-state index contributed by atoms with van der Waals surface area (Å²) in [6.07, 6.45) is 0. The number of anilines is 1. The van der Waals surface area contributed by atoms with E-state index in [1.165, 1.54) is 6.07 Å². The summed E-state index contributed by atoms with van der Waals surface area (Å²) in [7, 11) is -3.76. The summed E-state index contributed by atoms with van der Waals surface area (Å²) in [6.45, 7) is 4.48. The molecule has 6 nitrogen and oxygen atoms in total. The first-order valence-electron chi connectivity index (χ1n) is 7.54. The zero-order valence-corrected chi connectivity index (χ0v) is 14.8. The predicted octanol–water partition coefficient (Wildman–Crippen LogP) is 2.18. The van der Waals surface area contributed by atoms with Gasteiger partial charge >= 0.3 is 10.1 Å². The molecule has 0 atom stereocenters. The largest absolute Gasteiger partial charge is 0.378 e. The molecule has 1 aliphatic rings. The lowest BCUT2D eigenvalue weighted by molar-refractivity contribution is -0.129. The van der Waals surface area contributed by atoms with Gasteiger partial charge in [0, 0.05) is 38.8 Å². The molecule has 3 rings (SSSR count). The monoisotopic (exact) mass is 366 g/mol. The van der Waals surface area contributed by atoms with E-state index in [-0.39, 0.29) is 15.9 Å². The topological polar surface area (TPSA) is 66.9 Å². The number of thiophene rings is 1. The third-order valence-corrected chi connectivity index (χ3v) is 6.48. The normalized spacial score (nSPS) is 15.4. The van der Waals surface area contributed by atoms with Crippen LogP contribution in [0.25, 0.3) is 0 Å². The van der Waals surface area contributed by atoms with E-state index in [1.54, 1.807) is 30.5 Å². The zero-order chi connectivity index (χ0) is 17.2. The highest BCUT2D eigenvalue weighted by Gasteiger charge is 2.20. The predicted molar refractivity (Wildman–Crippen MR) is 93.0 cm³/mol. The van der Waals surface area contributed by atoms with Crippen molar-refractivity contribution in [3.63, 3.8) is 0 Å². The molecule has 2 heterocycles. The number of carbonyl (C=O) groups excluding carboxylic acids is 1. The molecular weight excluding hydrogens is 348 g/mol. The Kier molecular flexibility index (Phi) is 4.77. The van der Waals surface area contributed by atoms with E-state index in [1.807, 2.05) is 17.0 Å².